The van der Waals surface area contributed by atoms with E-state index in [1.807, 2.05) is 55.5 Å². The fourth-order valence-corrected chi connectivity index (χ4v) is 4.41. The number of ether oxygens (including phenoxy) is 2. The molecule has 1 N–H and O–H groups in total. The molecule has 3 aromatic rings. The van der Waals surface area contributed by atoms with E-state index in [1.165, 1.54) is 0 Å². The van der Waals surface area contributed by atoms with E-state index in [1.54, 1.807) is 37.3 Å². The van der Waals surface area contributed by atoms with Crippen molar-refractivity contribution in [2.45, 2.75) is 32.0 Å². The first-order valence-electron chi connectivity index (χ1n) is 11.0. The molecule has 0 aromatic heterocycles. The van der Waals surface area contributed by atoms with Crippen LogP contribution >= 0.6 is 11.6 Å². The number of carbonyl (C=O) groups is 2. The van der Waals surface area contributed by atoms with E-state index < -0.39 is 5.54 Å². The van der Waals surface area contributed by atoms with Gasteiger partial charge in [-0.25, -0.2) is 0 Å². The molecule has 6 nitrogen and oxygen atoms in total. The van der Waals surface area contributed by atoms with Crippen LogP contribution in [-0.4, -0.2) is 36.5 Å². The maximum absolute atomic E-state index is 13.6. The van der Waals surface area contributed by atoms with Crippen LogP contribution in [0.4, 0.5) is 0 Å². The summed E-state index contributed by atoms with van der Waals surface area (Å²) < 4.78 is 10.8. The Labute approximate surface area is 204 Å². The lowest BCUT2D eigenvalue weighted by Gasteiger charge is -2.44. The highest BCUT2D eigenvalue weighted by Gasteiger charge is 2.46. The minimum atomic E-state index is -1.09. The summed E-state index contributed by atoms with van der Waals surface area (Å²) in [4.78, 5) is 28.9. The summed E-state index contributed by atoms with van der Waals surface area (Å²) in [6, 6.07) is 20.2. The molecule has 0 fully saturated rings. The molecule has 0 aliphatic carbocycles. The zero-order valence-corrected chi connectivity index (χ0v) is 20.2. The van der Waals surface area contributed by atoms with Crippen LogP contribution in [0.25, 0.3) is 0 Å². The number of benzene rings is 3. The number of hydrogen-bond donors (Lipinski definition) is 1. The monoisotopic (exact) mass is 478 g/mol. The Hall–Kier alpha value is -3.51. The van der Waals surface area contributed by atoms with Crippen LogP contribution in [0.3, 0.4) is 0 Å². The van der Waals surface area contributed by atoms with Gasteiger partial charge in [0.15, 0.2) is 0 Å². The lowest BCUT2D eigenvalue weighted by Crippen LogP contribution is -2.62. The van der Waals surface area contributed by atoms with Gasteiger partial charge in [-0.05, 0) is 53.9 Å². The minimum absolute atomic E-state index is 0.187. The Balaban J connectivity index is 1.67. The number of halogens is 1. The van der Waals surface area contributed by atoms with Crippen molar-refractivity contribution in [1.82, 2.24) is 10.2 Å². The van der Waals surface area contributed by atoms with Crippen molar-refractivity contribution in [1.29, 1.82) is 0 Å². The molecule has 0 bridgehead atoms. The van der Waals surface area contributed by atoms with Crippen molar-refractivity contribution >= 4 is 23.4 Å². The minimum Gasteiger partial charge on any atom is -0.497 e. The Morgan fingerprint density at radius 3 is 2.29 bits per heavy atom. The molecule has 0 spiro atoms. The smallest absolute Gasteiger partial charge is 0.255 e. The van der Waals surface area contributed by atoms with Gasteiger partial charge in [-0.2, -0.15) is 0 Å². The van der Waals surface area contributed by atoms with Crippen molar-refractivity contribution in [3.63, 3.8) is 0 Å². The molecule has 4 rings (SSSR count). The van der Waals surface area contributed by atoms with Crippen molar-refractivity contribution in [3.05, 3.63) is 94.0 Å². The zero-order chi connectivity index (χ0) is 24.3. The topological polar surface area (TPSA) is 67.9 Å². The average molecular weight is 479 g/mol. The third-order valence-corrected chi connectivity index (χ3v) is 6.48. The first-order chi connectivity index (χ1) is 16.3. The van der Waals surface area contributed by atoms with Gasteiger partial charge in [-0.1, -0.05) is 41.9 Å². The summed E-state index contributed by atoms with van der Waals surface area (Å²) in [7, 11) is 3.16. The van der Waals surface area contributed by atoms with Crippen molar-refractivity contribution in [2.75, 3.05) is 14.2 Å². The SMILES string of the molecule is COc1cc(CN2C(=O)c3ccccc3C[C@@]2(C)C(=O)NCc2ccc(Cl)cc2)cc(OC)c1. The molecule has 1 aliphatic heterocycles. The number of fused-ring (bicyclic) bond motifs is 1. The summed E-state index contributed by atoms with van der Waals surface area (Å²) in [6.45, 7) is 2.38. The molecule has 176 valence electrons. The number of methoxy groups -OCH3 is 2. The molecule has 3 aromatic carbocycles. The Kier molecular flexibility index (Phi) is 6.80. The van der Waals surface area contributed by atoms with Crippen molar-refractivity contribution < 1.29 is 19.1 Å². The van der Waals surface area contributed by atoms with Crippen LogP contribution in [0.15, 0.2) is 66.7 Å². The van der Waals surface area contributed by atoms with Gasteiger partial charge in [-0.15, -0.1) is 0 Å². The lowest BCUT2D eigenvalue weighted by atomic mass is 9.82. The third kappa shape index (κ3) is 4.73. The predicted octanol–water partition coefficient (Wildman–Crippen LogP) is 4.63. The third-order valence-electron chi connectivity index (χ3n) is 6.23. The molecule has 1 heterocycles. The highest BCUT2D eigenvalue weighted by Crippen LogP contribution is 2.34. The van der Waals surface area contributed by atoms with Crippen LogP contribution in [0, 0.1) is 0 Å². The van der Waals surface area contributed by atoms with Gasteiger partial charge in [0.1, 0.15) is 17.0 Å². The summed E-state index contributed by atoms with van der Waals surface area (Å²) in [5, 5.41) is 3.65. The second kappa shape index (κ2) is 9.77. The first kappa shape index (κ1) is 23.6. The lowest BCUT2D eigenvalue weighted by molar-refractivity contribution is -0.132. The molecule has 2 amide bonds. The van der Waals surface area contributed by atoms with E-state index in [2.05, 4.69) is 5.32 Å². The normalized spacial score (nSPS) is 17.2. The van der Waals surface area contributed by atoms with E-state index in [0.29, 0.717) is 35.1 Å². The summed E-state index contributed by atoms with van der Waals surface area (Å²) in [5.74, 6) is 0.828. The molecule has 1 atom stereocenters. The highest BCUT2D eigenvalue weighted by atomic mass is 35.5. The van der Waals surface area contributed by atoms with E-state index >= 15 is 0 Å². The Morgan fingerprint density at radius 1 is 1.00 bits per heavy atom. The van der Waals surface area contributed by atoms with Gasteiger partial charge in [0.2, 0.25) is 5.91 Å². The number of rotatable bonds is 7. The Morgan fingerprint density at radius 2 is 1.65 bits per heavy atom. The average Bonchev–Trinajstić information content (AvgIpc) is 2.85. The van der Waals surface area contributed by atoms with Crippen molar-refractivity contribution in [2.24, 2.45) is 0 Å². The second-order valence-electron chi connectivity index (χ2n) is 8.53. The summed E-state index contributed by atoms with van der Waals surface area (Å²) in [6.07, 6.45) is 0.405. The molecule has 0 radical (unpaired) electrons. The Bertz CT molecular complexity index is 1190. The van der Waals surface area contributed by atoms with Gasteiger partial charge in [0.25, 0.3) is 5.91 Å². The summed E-state index contributed by atoms with van der Waals surface area (Å²) in [5.41, 5.74) is 2.11. The molecule has 0 unspecified atom stereocenters. The van der Waals surface area contributed by atoms with Gasteiger partial charge >= 0.3 is 0 Å². The van der Waals surface area contributed by atoms with Gasteiger partial charge in [0.05, 0.1) is 14.2 Å². The van der Waals surface area contributed by atoms with Crippen LogP contribution in [0.1, 0.15) is 34.0 Å². The maximum atomic E-state index is 13.6. The highest BCUT2D eigenvalue weighted by molar-refractivity contribution is 6.30. The molecule has 7 heteroatoms. The number of nitrogens with zero attached hydrogens (tertiary/aromatic N) is 1. The van der Waals surface area contributed by atoms with Crippen LogP contribution in [-0.2, 0) is 24.3 Å². The predicted molar refractivity (Wildman–Crippen MR) is 131 cm³/mol. The maximum Gasteiger partial charge on any atom is 0.255 e. The van der Waals surface area contributed by atoms with E-state index in [-0.39, 0.29) is 18.4 Å². The van der Waals surface area contributed by atoms with E-state index in [0.717, 1.165) is 16.7 Å². The van der Waals surface area contributed by atoms with E-state index in [4.69, 9.17) is 21.1 Å². The van der Waals surface area contributed by atoms with E-state index in [9.17, 15) is 9.59 Å². The first-order valence-corrected chi connectivity index (χ1v) is 11.4. The second-order valence-corrected chi connectivity index (χ2v) is 8.97. The largest absolute Gasteiger partial charge is 0.497 e. The fraction of sp³-hybridized carbons (Fsp3) is 0.259. The molecular weight excluding hydrogens is 452 g/mol. The van der Waals surface area contributed by atoms with Gasteiger partial charge in [0, 0.05) is 36.2 Å². The van der Waals surface area contributed by atoms with Crippen LogP contribution in [0.2, 0.25) is 5.02 Å². The summed E-state index contributed by atoms with van der Waals surface area (Å²) >= 11 is 5.97. The molecular formula is C27H27ClN2O4. The number of carbonyl (C=O) groups excluding carboxylic acids is 2. The van der Waals surface area contributed by atoms with Crippen LogP contribution in [0.5, 0.6) is 11.5 Å². The zero-order valence-electron chi connectivity index (χ0n) is 19.4. The number of amides is 2. The van der Waals surface area contributed by atoms with Gasteiger partial charge < -0.3 is 19.7 Å². The quantitative estimate of drug-likeness (QED) is 0.537. The van der Waals surface area contributed by atoms with Crippen LogP contribution < -0.4 is 14.8 Å². The standard InChI is InChI=1S/C27H27ClN2O4/c1-27(26(32)29-16-18-8-10-21(28)11-9-18)15-20-6-4-5-7-24(20)25(31)30(27)17-19-12-22(33-2)14-23(13-19)34-3/h4-14H,15-17H2,1-3H3,(H,29,32)/t27-/m0/s1. The van der Waals surface area contributed by atoms with Crippen molar-refractivity contribution in [3.8, 4) is 11.5 Å². The molecule has 0 saturated carbocycles. The molecule has 34 heavy (non-hydrogen) atoms. The number of nitrogens with one attached hydrogen (secondary N) is 1. The molecule has 0 saturated heterocycles. The number of hydrogen-bond acceptors (Lipinski definition) is 4. The van der Waals surface area contributed by atoms with Gasteiger partial charge in [-0.3, -0.25) is 9.59 Å². The molecule has 1 aliphatic rings. The fourth-order valence-electron chi connectivity index (χ4n) is 4.28.